The molecule has 0 saturated heterocycles. The van der Waals surface area contributed by atoms with Crippen LogP contribution in [0.5, 0.6) is 5.75 Å². The van der Waals surface area contributed by atoms with Crippen molar-refractivity contribution in [2.24, 2.45) is 0 Å². The van der Waals surface area contributed by atoms with Crippen LogP contribution in [0.25, 0.3) is 0 Å². The fourth-order valence-electron chi connectivity index (χ4n) is 2.75. The summed E-state index contributed by atoms with van der Waals surface area (Å²) in [6, 6.07) is 7.38. The highest BCUT2D eigenvalue weighted by molar-refractivity contribution is 5.94. The Morgan fingerprint density at radius 1 is 1.00 bits per heavy atom. The summed E-state index contributed by atoms with van der Waals surface area (Å²) in [5, 5.41) is 9.67. The van der Waals surface area contributed by atoms with Gasteiger partial charge in [0.15, 0.2) is 0 Å². The smallest absolute Gasteiger partial charge is 0.251 e. The van der Waals surface area contributed by atoms with Crippen molar-refractivity contribution in [2.45, 2.75) is 53.5 Å². The Morgan fingerprint density at radius 3 is 2.17 bits per heavy atom. The molecule has 0 atom stereocenters. The second-order valence-corrected chi connectivity index (χ2v) is 7.49. The van der Waals surface area contributed by atoms with Gasteiger partial charge in [-0.05, 0) is 77.0 Å². The molecular weight excluding hydrogens is 362 g/mol. The van der Waals surface area contributed by atoms with E-state index in [9.17, 15) is 4.79 Å². The Balaban J connectivity index is 2.50. The Bertz CT molecular complexity index is 639. The van der Waals surface area contributed by atoms with Crippen LogP contribution in [0.1, 0.15) is 57.8 Å². The van der Waals surface area contributed by atoms with Crippen molar-refractivity contribution in [3.05, 3.63) is 53.1 Å². The van der Waals surface area contributed by atoms with Crippen LogP contribution in [-0.2, 0) is 0 Å². The number of allylic oxidation sites excluding steroid dienone is 3. The molecule has 1 amide bonds. The van der Waals surface area contributed by atoms with Gasteiger partial charge in [0.1, 0.15) is 12.4 Å². The van der Waals surface area contributed by atoms with Crippen LogP contribution < -0.4 is 20.7 Å². The molecule has 0 aliphatic rings. The quantitative estimate of drug-likeness (QED) is 0.411. The molecule has 3 N–H and O–H groups in total. The van der Waals surface area contributed by atoms with Gasteiger partial charge in [-0.1, -0.05) is 31.1 Å². The Morgan fingerprint density at radius 2 is 1.62 bits per heavy atom. The van der Waals surface area contributed by atoms with Gasteiger partial charge in [0.05, 0.1) is 6.04 Å². The summed E-state index contributed by atoms with van der Waals surface area (Å²) in [6.07, 6.45) is 6.49. The number of hydrogen-bond donors (Lipinski definition) is 3. The van der Waals surface area contributed by atoms with Crippen LogP contribution in [-0.4, -0.2) is 44.7 Å². The Kier molecular flexibility index (Phi) is 12.7. The highest BCUT2D eigenvalue weighted by Crippen LogP contribution is 2.13. The van der Waals surface area contributed by atoms with Gasteiger partial charge in [-0.3, -0.25) is 4.79 Å². The van der Waals surface area contributed by atoms with Gasteiger partial charge < -0.3 is 20.7 Å². The topological polar surface area (TPSA) is 62.4 Å². The second kappa shape index (κ2) is 14.8. The SMILES string of the molecule is CCNCC(CNCC)NC(=O)c1ccc(OC/C=C(\C)CCC=C(C)C)cc1. The maximum atomic E-state index is 12.5. The molecule has 0 aliphatic heterocycles. The van der Waals surface area contributed by atoms with E-state index in [2.05, 4.69) is 62.7 Å². The van der Waals surface area contributed by atoms with Gasteiger partial charge in [0, 0.05) is 18.7 Å². The molecule has 0 bridgehead atoms. The number of carbonyl (C=O) groups excluding carboxylic acids is 1. The van der Waals surface area contributed by atoms with Gasteiger partial charge in [-0.25, -0.2) is 0 Å². The standard InChI is InChI=1S/C24H39N3O2/c1-6-25-17-22(18-26-7-2)27-24(28)21-11-13-23(14-12-21)29-16-15-20(5)10-8-9-19(3)4/h9,11-15,22,25-26H,6-8,10,16-18H2,1-5H3,(H,27,28)/b20-15+. The first kappa shape index (κ1) is 24.9. The lowest BCUT2D eigenvalue weighted by Crippen LogP contribution is -2.47. The molecule has 0 aliphatic carbocycles. The van der Waals surface area contributed by atoms with Gasteiger partial charge in [0.25, 0.3) is 5.91 Å². The minimum absolute atomic E-state index is 0.0535. The van der Waals surface area contributed by atoms with E-state index < -0.39 is 0 Å². The van der Waals surface area contributed by atoms with Crippen LogP contribution in [0.15, 0.2) is 47.6 Å². The summed E-state index contributed by atoms with van der Waals surface area (Å²) in [5.41, 5.74) is 3.32. The average Bonchev–Trinajstić information content (AvgIpc) is 2.70. The minimum atomic E-state index is -0.0626. The summed E-state index contributed by atoms with van der Waals surface area (Å²) < 4.78 is 5.78. The van der Waals surface area contributed by atoms with Crippen molar-refractivity contribution in [1.29, 1.82) is 0 Å². The second-order valence-electron chi connectivity index (χ2n) is 7.49. The Labute approximate surface area is 177 Å². The van der Waals surface area contributed by atoms with Gasteiger partial charge in [-0.15, -0.1) is 0 Å². The molecule has 1 rings (SSSR count). The van der Waals surface area contributed by atoms with Crippen molar-refractivity contribution >= 4 is 5.91 Å². The molecule has 29 heavy (non-hydrogen) atoms. The number of benzene rings is 1. The lowest BCUT2D eigenvalue weighted by Gasteiger charge is -2.19. The predicted octanol–water partition coefficient (Wildman–Crippen LogP) is 4.08. The summed E-state index contributed by atoms with van der Waals surface area (Å²) in [6.45, 7) is 14.3. The van der Waals surface area contributed by atoms with E-state index in [0.29, 0.717) is 12.2 Å². The van der Waals surface area contributed by atoms with E-state index in [1.165, 1.54) is 11.1 Å². The van der Waals surface area contributed by atoms with Crippen LogP contribution in [0.2, 0.25) is 0 Å². The molecule has 5 heteroatoms. The number of hydrogen-bond acceptors (Lipinski definition) is 4. The first-order valence-corrected chi connectivity index (χ1v) is 10.7. The zero-order valence-corrected chi connectivity index (χ0v) is 18.8. The van der Waals surface area contributed by atoms with Crippen molar-refractivity contribution in [3.8, 4) is 5.75 Å². The number of nitrogens with one attached hydrogen (secondary N) is 3. The molecule has 0 radical (unpaired) electrons. The molecule has 0 saturated carbocycles. The molecule has 0 heterocycles. The minimum Gasteiger partial charge on any atom is -0.490 e. The monoisotopic (exact) mass is 401 g/mol. The van der Waals surface area contributed by atoms with E-state index in [1.54, 1.807) is 0 Å². The largest absolute Gasteiger partial charge is 0.490 e. The third kappa shape index (κ3) is 11.5. The predicted molar refractivity (Wildman–Crippen MR) is 123 cm³/mol. The fourth-order valence-corrected chi connectivity index (χ4v) is 2.75. The summed E-state index contributed by atoms with van der Waals surface area (Å²) in [5.74, 6) is 0.708. The third-order valence-electron chi connectivity index (χ3n) is 4.51. The third-order valence-corrected chi connectivity index (χ3v) is 4.51. The average molecular weight is 402 g/mol. The van der Waals surface area contributed by atoms with E-state index in [1.807, 2.05) is 24.3 Å². The molecule has 1 aromatic carbocycles. The molecular formula is C24H39N3O2. The van der Waals surface area contributed by atoms with E-state index in [4.69, 9.17) is 4.74 Å². The number of ether oxygens (including phenoxy) is 1. The molecule has 0 aromatic heterocycles. The highest BCUT2D eigenvalue weighted by Gasteiger charge is 2.13. The molecule has 0 spiro atoms. The molecule has 0 fully saturated rings. The van der Waals surface area contributed by atoms with E-state index in [0.717, 1.165) is 44.8 Å². The number of amides is 1. The summed E-state index contributed by atoms with van der Waals surface area (Å²) in [4.78, 5) is 12.5. The van der Waals surface area contributed by atoms with Crippen LogP contribution in [0, 0.1) is 0 Å². The zero-order chi connectivity index (χ0) is 21.5. The molecule has 1 aromatic rings. The maximum absolute atomic E-state index is 12.5. The van der Waals surface area contributed by atoms with Crippen molar-refractivity contribution in [1.82, 2.24) is 16.0 Å². The molecule has 162 valence electrons. The van der Waals surface area contributed by atoms with Gasteiger partial charge in [-0.2, -0.15) is 0 Å². The fraction of sp³-hybridized carbons (Fsp3) is 0.542. The van der Waals surface area contributed by atoms with Crippen molar-refractivity contribution < 1.29 is 9.53 Å². The lowest BCUT2D eigenvalue weighted by molar-refractivity contribution is 0.0936. The first-order valence-electron chi connectivity index (χ1n) is 10.7. The Hall–Kier alpha value is -2.11. The molecule has 5 nitrogen and oxygen atoms in total. The van der Waals surface area contributed by atoms with Crippen LogP contribution >= 0.6 is 0 Å². The van der Waals surface area contributed by atoms with Gasteiger partial charge >= 0.3 is 0 Å². The first-order chi connectivity index (χ1) is 14.0. The maximum Gasteiger partial charge on any atom is 0.251 e. The highest BCUT2D eigenvalue weighted by atomic mass is 16.5. The molecule has 0 unspecified atom stereocenters. The lowest BCUT2D eigenvalue weighted by atomic mass is 10.1. The summed E-state index contributed by atoms with van der Waals surface area (Å²) >= 11 is 0. The van der Waals surface area contributed by atoms with E-state index in [-0.39, 0.29) is 11.9 Å². The summed E-state index contributed by atoms with van der Waals surface area (Å²) in [7, 11) is 0. The van der Waals surface area contributed by atoms with Crippen molar-refractivity contribution in [2.75, 3.05) is 32.8 Å². The van der Waals surface area contributed by atoms with Crippen LogP contribution in [0.3, 0.4) is 0 Å². The van der Waals surface area contributed by atoms with E-state index >= 15 is 0 Å². The van der Waals surface area contributed by atoms with Crippen LogP contribution in [0.4, 0.5) is 0 Å². The number of likely N-dealkylation sites (N-methyl/N-ethyl adjacent to an activating group) is 2. The van der Waals surface area contributed by atoms with Crippen molar-refractivity contribution in [3.63, 3.8) is 0 Å². The normalized spacial score (nSPS) is 11.4. The number of carbonyl (C=O) groups is 1. The van der Waals surface area contributed by atoms with Gasteiger partial charge in [0.2, 0.25) is 0 Å². The number of rotatable bonds is 14. The zero-order valence-electron chi connectivity index (χ0n) is 18.8.